The predicted molar refractivity (Wildman–Crippen MR) is 79.2 cm³/mol. The number of methoxy groups -OCH3 is 1. The molecule has 0 amide bonds. The van der Waals surface area contributed by atoms with Crippen LogP contribution in [0, 0.1) is 5.92 Å². The van der Waals surface area contributed by atoms with Gasteiger partial charge in [-0.2, -0.15) is 0 Å². The largest absolute Gasteiger partial charge is 0.493 e. The van der Waals surface area contributed by atoms with Crippen molar-refractivity contribution in [3.05, 3.63) is 18.2 Å². The summed E-state index contributed by atoms with van der Waals surface area (Å²) in [4.78, 5) is 0. The van der Waals surface area contributed by atoms with Gasteiger partial charge in [0.05, 0.1) is 13.7 Å². The van der Waals surface area contributed by atoms with Crippen LogP contribution in [0.1, 0.15) is 39.0 Å². The molecule has 0 radical (unpaired) electrons. The maximum atomic E-state index is 5.60. The molecule has 1 N–H and O–H groups in total. The molecule has 0 bridgehead atoms. The van der Waals surface area contributed by atoms with E-state index in [-0.39, 0.29) is 0 Å². The van der Waals surface area contributed by atoms with E-state index in [1.54, 1.807) is 7.11 Å². The minimum absolute atomic E-state index is 0.655. The summed E-state index contributed by atoms with van der Waals surface area (Å²) in [5.74, 6) is 2.44. The maximum absolute atomic E-state index is 5.60. The van der Waals surface area contributed by atoms with Gasteiger partial charge in [-0.25, -0.2) is 0 Å². The van der Waals surface area contributed by atoms with E-state index in [0.29, 0.717) is 6.61 Å². The van der Waals surface area contributed by atoms with Crippen LogP contribution in [0.2, 0.25) is 0 Å². The molecule has 0 atom stereocenters. The van der Waals surface area contributed by atoms with Gasteiger partial charge in [-0.1, -0.05) is 19.3 Å². The fourth-order valence-corrected chi connectivity index (χ4v) is 2.71. The third-order valence-electron chi connectivity index (χ3n) is 3.78. The lowest BCUT2D eigenvalue weighted by atomic mass is 9.89. The van der Waals surface area contributed by atoms with Crippen molar-refractivity contribution in [2.45, 2.75) is 39.0 Å². The lowest BCUT2D eigenvalue weighted by Crippen LogP contribution is -2.17. The molecule has 0 spiro atoms. The second kappa shape index (κ2) is 7.27. The van der Waals surface area contributed by atoms with Gasteiger partial charge >= 0.3 is 0 Å². The first-order valence-corrected chi connectivity index (χ1v) is 7.38. The highest BCUT2D eigenvalue weighted by Crippen LogP contribution is 2.31. The third-order valence-corrected chi connectivity index (χ3v) is 3.78. The van der Waals surface area contributed by atoms with E-state index in [1.807, 2.05) is 19.1 Å². The molecule has 0 unspecified atom stereocenters. The summed E-state index contributed by atoms with van der Waals surface area (Å²) >= 11 is 0. The Morgan fingerprint density at radius 2 is 1.95 bits per heavy atom. The van der Waals surface area contributed by atoms with Crippen molar-refractivity contribution >= 4 is 5.69 Å². The number of rotatable bonds is 6. The zero-order chi connectivity index (χ0) is 13.5. The average Bonchev–Trinajstić information content (AvgIpc) is 2.47. The molecule has 106 valence electrons. The molecule has 2 rings (SSSR count). The SMILES string of the molecule is CCOc1cc(NCC2CCCCC2)ccc1OC. The smallest absolute Gasteiger partial charge is 0.163 e. The Morgan fingerprint density at radius 1 is 1.16 bits per heavy atom. The van der Waals surface area contributed by atoms with Crippen LogP contribution in [0.3, 0.4) is 0 Å². The molecule has 0 saturated heterocycles. The molecule has 1 fully saturated rings. The zero-order valence-electron chi connectivity index (χ0n) is 12.1. The van der Waals surface area contributed by atoms with Gasteiger partial charge in [-0.15, -0.1) is 0 Å². The molecular formula is C16H25NO2. The van der Waals surface area contributed by atoms with E-state index in [4.69, 9.17) is 9.47 Å². The normalized spacial score (nSPS) is 16.1. The number of benzene rings is 1. The second-order valence-electron chi connectivity index (χ2n) is 5.18. The number of ether oxygens (including phenoxy) is 2. The lowest BCUT2D eigenvalue weighted by Gasteiger charge is -2.22. The van der Waals surface area contributed by atoms with Crippen molar-refractivity contribution in [3.8, 4) is 11.5 Å². The molecule has 1 aliphatic rings. The lowest BCUT2D eigenvalue weighted by molar-refractivity contribution is 0.311. The van der Waals surface area contributed by atoms with E-state index in [2.05, 4.69) is 11.4 Å². The average molecular weight is 263 g/mol. The summed E-state index contributed by atoms with van der Waals surface area (Å²) in [5, 5.41) is 3.53. The van der Waals surface area contributed by atoms with Crippen molar-refractivity contribution in [2.24, 2.45) is 5.92 Å². The van der Waals surface area contributed by atoms with Gasteiger partial charge in [0.1, 0.15) is 0 Å². The summed E-state index contributed by atoms with van der Waals surface area (Å²) < 4.78 is 10.9. The zero-order valence-corrected chi connectivity index (χ0v) is 12.1. The molecule has 3 heteroatoms. The van der Waals surface area contributed by atoms with Crippen LogP contribution in [0.25, 0.3) is 0 Å². The van der Waals surface area contributed by atoms with E-state index < -0.39 is 0 Å². The summed E-state index contributed by atoms with van der Waals surface area (Å²) in [6.45, 7) is 3.71. The maximum Gasteiger partial charge on any atom is 0.163 e. The Bertz CT molecular complexity index is 386. The fraction of sp³-hybridized carbons (Fsp3) is 0.625. The van der Waals surface area contributed by atoms with Crippen LogP contribution in [-0.4, -0.2) is 20.3 Å². The van der Waals surface area contributed by atoms with Crippen LogP contribution < -0.4 is 14.8 Å². The number of anilines is 1. The first-order valence-electron chi connectivity index (χ1n) is 7.38. The van der Waals surface area contributed by atoms with E-state index >= 15 is 0 Å². The van der Waals surface area contributed by atoms with Crippen LogP contribution in [0.15, 0.2) is 18.2 Å². The monoisotopic (exact) mass is 263 g/mol. The molecule has 1 aromatic rings. The van der Waals surface area contributed by atoms with Gasteiger partial charge in [0.15, 0.2) is 11.5 Å². The molecule has 19 heavy (non-hydrogen) atoms. The summed E-state index contributed by atoms with van der Waals surface area (Å²) in [6.07, 6.45) is 6.91. The summed E-state index contributed by atoms with van der Waals surface area (Å²) in [7, 11) is 1.67. The van der Waals surface area contributed by atoms with Crippen molar-refractivity contribution in [1.82, 2.24) is 0 Å². The Kier molecular flexibility index (Phi) is 5.37. The second-order valence-corrected chi connectivity index (χ2v) is 5.18. The van der Waals surface area contributed by atoms with Crippen LogP contribution in [0.4, 0.5) is 5.69 Å². The summed E-state index contributed by atoms with van der Waals surface area (Å²) in [6, 6.07) is 6.06. The highest BCUT2D eigenvalue weighted by molar-refractivity contribution is 5.54. The van der Waals surface area contributed by atoms with E-state index in [9.17, 15) is 0 Å². The Morgan fingerprint density at radius 3 is 2.63 bits per heavy atom. The fourth-order valence-electron chi connectivity index (χ4n) is 2.71. The predicted octanol–water partition coefficient (Wildman–Crippen LogP) is 4.09. The third kappa shape index (κ3) is 4.05. The standard InChI is InChI=1S/C16H25NO2/c1-3-19-16-11-14(9-10-15(16)18-2)17-12-13-7-5-4-6-8-13/h9-11,13,17H,3-8,12H2,1-2H3. The first-order chi connectivity index (χ1) is 9.33. The molecule has 0 aromatic heterocycles. The Balaban J connectivity index is 1.93. The van der Waals surface area contributed by atoms with E-state index in [1.165, 1.54) is 32.1 Å². The van der Waals surface area contributed by atoms with Crippen molar-refractivity contribution < 1.29 is 9.47 Å². The van der Waals surface area contributed by atoms with Gasteiger partial charge in [0.25, 0.3) is 0 Å². The van der Waals surface area contributed by atoms with Gasteiger partial charge in [-0.3, -0.25) is 0 Å². The molecule has 0 heterocycles. The molecule has 3 nitrogen and oxygen atoms in total. The van der Waals surface area contributed by atoms with Crippen LogP contribution in [0.5, 0.6) is 11.5 Å². The number of hydrogen-bond acceptors (Lipinski definition) is 3. The highest BCUT2D eigenvalue weighted by atomic mass is 16.5. The van der Waals surface area contributed by atoms with Gasteiger partial charge in [0.2, 0.25) is 0 Å². The molecule has 1 aliphatic carbocycles. The topological polar surface area (TPSA) is 30.5 Å². The van der Waals surface area contributed by atoms with Gasteiger partial charge in [-0.05, 0) is 37.8 Å². The van der Waals surface area contributed by atoms with Crippen molar-refractivity contribution in [3.63, 3.8) is 0 Å². The highest BCUT2D eigenvalue weighted by Gasteiger charge is 2.13. The van der Waals surface area contributed by atoms with Crippen LogP contribution >= 0.6 is 0 Å². The summed E-state index contributed by atoms with van der Waals surface area (Å²) in [5.41, 5.74) is 1.12. The minimum atomic E-state index is 0.655. The Hall–Kier alpha value is -1.38. The van der Waals surface area contributed by atoms with Crippen molar-refractivity contribution in [2.75, 3.05) is 25.6 Å². The first kappa shape index (κ1) is 14.0. The van der Waals surface area contributed by atoms with E-state index in [0.717, 1.165) is 29.6 Å². The van der Waals surface area contributed by atoms with Crippen molar-refractivity contribution in [1.29, 1.82) is 0 Å². The minimum Gasteiger partial charge on any atom is -0.493 e. The van der Waals surface area contributed by atoms with Gasteiger partial charge < -0.3 is 14.8 Å². The number of nitrogens with one attached hydrogen (secondary N) is 1. The van der Waals surface area contributed by atoms with Gasteiger partial charge in [0, 0.05) is 18.3 Å². The molecule has 0 aliphatic heterocycles. The molecule has 1 saturated carbocycles. The number of hydrogen-bond donors (Lipinski definition) is 1. The molecule has 1 aromatic carbocycles. The molecular weight excluding hydrogens is 238 g/mol. The Labute approximate surface area is 116 Å². The quantitative estimate of drug-likeness (QED) is 0.838. The van der Waals surface area contributed by atoms with Crippen LogP contribution in [-0.2, 0) is 0 Å².